The van der Waals surface area contributed by atoms with Crippen molar-refractivity contribution in [1.82, 2.24) is 19.4 Å². The maximum atomic E-state index is 12.0. The summed E-state index contributed by atoms with van der Waals surface area (Å²) in [5.74, 6) is 1.92. The maximum absolute atomic E-state index is 12.0. The van der Waals surface area contributed by atoms with E-state index < -0.39 is 0 Å². The molecule has 4 heterocycles. The number of benzene rings is 1. The first kappa shape index (κ1) is 26.4. The van der Waals surface area contributed by atoms with Crippen molar-refractivity contribution in [3.63, 3.8) is 0 Å². The molecule has 1 aromatic carbocycles. The van der Waals surface area contributed by atoms with E-state index in [1.165, 1.54) is 22.3 Å². The van der Waals surface area contributed by atoms with E-state index in [1.54, 1.807) is 14.2 Å². The molecule has 38 heavy (non-hydrogen) atoms. The molecule has 0 radical (unpaired) electrons. The number of rotatable bonds is 6. The van der Waals surface area contributed by atoms with Crippen molar-refractivity contribution < 1.29 is 19.0 Å². The normalized spacial score (nSPS) is 17.7. The highest BCUT2D eigenvalue weighted by Gasteiger charge is 2.31. The fourth-order valence-electron chi connectivity index (χ4n) is 6.24. The number of ether oxygens (including phenoxy) is 3. The SMILES string of the molecule is CCOC(=O)N1CCC(N2CCC(c3cc4c(-c5ccc(OC)c(OC)c5)c(C)n(C)c4cn3)CC2)CC1. The van der Waals surface area contributed by atoms with Crippen LogP contribution in [0.2, 0.25) is 0 Å². The van der Waals surface area contributed by atoms with Crippen molar-refractivity contribution in [3.05, 3.63) is 41.9 Å². The third-order valence-corrected chi connectivity index (χ3v) is 8.53. The first-order valence-electron chi connectivity index (χ1n) is 13.8. The molecule has 204 valence electrons. The van der Waals surface area contributed by atoms with Gasteiger partial charge in [-0.2, -0.15) is 0 Å². The minimum absolute atomic E-state index is 0.172. The van der Waals surface area contributed by atoms with Crippen LogP contribution in [0.4, 0.5) is 4.79 Å². The number of pyridine rings is 1. The molecule has 0 aliphatic carbocycles. The van der Waals surface area contributed by atoms with E-state index in [1.807, 2.05) is 24.1 Å². The van der Waals surface area contributed by atoms with Gasteiger partial charge in [-0.15, -0.1) is 0 Å². The lowest BCUT2D eigenvalue weighted by atomic mass is 9.90. The molecular weight excluding hydrogens is 480 g/mol. The number of piperidine rings is 2. The molecular formula is C30H40N4O4. The molecule has 0 saturated carbocycles. The summed E-state index contributed by atoms with van der Waals surface area (Å²) in [4.78, 5) is 21.5. The second-order valence-electron chi connectivity index (χ2n) is 10.4. The molecule has 8 nitrogen and oxygen atoms in total. The summed E-state index contributed by atoms with van der Waals surface area (Å²) in [6, 6.07) is 9.00. The van der Waals surface area contributed by atoms with Gasteiger partial charge in [0.15, 0.2) is 11.5 Å². The van der Waals surface area contributed by atoms with Crippen molar-refractivity contribution in [2.45, 2.75) is 51.5 Å². The standard InChI is InChI=1S/C30H40N4O4/c1-6-38-30(35)34-15-11-23(12-16-34)33-13-9-21(10-14-33)25-18-24-26(19-31-25)32(3)20(2)29(24)22-7-8-27(36-4)28(17-22)37-5/h7-8,17-19,21,23H,6,9-16H2,1-5H3. The Labute approximate surface area is 225 Å². The van der Waals surface area contributed by atoms with E-state index in [-0.39, 0.29) is 6.09 Å². The van der Waals surface area contributed by atoms with Crippen LogP contribution in [0, 0.1) is 6.92 Å². The molecule has 2 aliphatic heterocycles. The lowest BCUT2D eigenvalue weighted by Gasteiger charge is -2.41. The summed E-state index contributed by atoms with van der Waals surface area (Å²) in [5, 5.41) is 1.23. The van der Waals surface area contributed by atoms with Gasteiger partial charge in [0.1, 0.15) is 0 Å². The molecule has 0 atom stereocenters. The van der Waals surface area contributed by atoms with Crippen LogP contribution in [0.15, 0.2) is 30.5 Å². The van der Waals surface area contributed by atoms with Crippen LogP contribution in [-0.4, -0.2) is 78.5 Å². The van der Waals surface area contributed by atoms with Gasteiger partial charge in [0.2, 0.25) is 0 Å². The monoisotopic (exact) mass is 520 g/mol. The van der Waals surface area contributed by atoms with Crippen LogP contribution < -0.4 is 9.47 Å². The highest BCUT2D eigenvalue weighted by molar-refractivity contribution is 5.98. The van der Waals surface area contributed by atoms with Gasteiger partial charge in [0.05, 0.1) is 32.5 Å². The van der Waals surface area contributed by atoms with Crippen molar-refractivity contribution in [1.29, 1.82) is 0 Å². The third-order valence-electron chi connectivity index (χ3n) is 8.53. The Bertz CT molecular complexity index is 1290. The van der Waals surface area contributed by atoms with Crippen LogP contribution in [0.5, 0.6) is 11.5 Å². The minimum atomic E-state index is -0.172. The highest BCUT2D eigenvalue weighted by atomic mass is 16.6. The zero-order chi connectivity index (χ0) is 26.8. The van der Waals surface area contributed by atoms with E-state index in [0.29, 0.717) is 18.6 Å². The molecule has 0 bridgehead atoms. The Morgan fingerprint density at radius 3 is 2.37 bits per heavy atom. The summed E-state index contributed by atoms with van der Waals surface area (Å²) < 4.78 is 18.5. The number of hydrogen-bond acceptors (Lipinski definition) is 6. The Kier molecular flexibility index (Phi) is 7.79. The molecule has 2 aromatic heterocycles. The van der Waals surface area contributed by atoms with Gasteiger partial charge in [-0.1, -0.05) is 6.07 Å². The maximum Gasteiger partial charge on any atom is 0.409 e. The average Bonchev–Trinajstić information content (AvgIpc) is 3.21. The first-order chi connectivity index (χ1) is 18.4. The van der Waals surface area contributed by atoms with Crippen LogP contribution in [0.25, 0.3) is 22.0 Å². The molecule has 3 aromatic rings. The first-order valence-corrected chi connectivity index (χ1v) is 13.8. The number of aryl methyl sites for hydroxylation is 1. The van der Waals surface area contributed by atoms with Crippen LogP contribution >= 0.6 is 0 Å². The molecule has 8 heteroatoms. The Hall–Kier alpha value is -3.26. The van der Waals surface area contributed by atoms with Gasteiger partial charge in [0.25, 0.3) is 0 Å². The average molecular weight is 521 g/mol. The molecule has 2 saturated heterocycles. The predicted molar refractivity (Wildman–Crippen MR) is 149 cm³/mol. The second kappa shape index (κ2) is 11.2. The minimum Gasteiger partial charge on any atom is -0.493 e. The number of hydrogen-bond donors (Lipinski definition) is 0. The summed E-state index contributed by atoms with van der Waals surface area (Å²) in [5.41, 5.74) is 5.86. The molecule has 2 aliphatic rings. The summed E-state index contributed by atoms with van der Waals surface area (Å²) >= 11 is 0. The van der Waals surface area contributed by atoms with Crippen molar-refractivity contribution in [2.24, 2.45) is 7.05 Å². The quantitative estimate of drug-likeness (QED) is 0.436. The van der Waals surface area contributed by atoms with Gasteiger partial charge < -0.3 is 28.6 Å². The number of methoxy groups -OCH3 is 2. The molecule has 2 fully saturated rings. The Morgan fingerprint density at radius 2 is 1.71 bits per heavy atom. The third kappa shape index (κ3) is 4.94. The van der Waals surface area contributed by atoms with Crippen LogP contribution in [-0.2, 0) is 11.8 Å². The molecule has 0 N–H and O–H groups in total. The van der Waals surface area contributed by atoms with Crippen LogP contribution in [0.1, 0.15) is 49.9 Å². The number of likely N-dealkylation sites (tertiary alicyclic amines) is 2. The molecule has 0 unspecified atom stereocenters. The largest absolute Gasteiger partial charge is 0.493 e. The van der Waals surface area contributed by atoms with Gasteiger partial charge in [-0.05, 0) is 76.4 Å². The lowest BCUT2D eigenvalue weighted by Crippen LogP contribution is -2.49. The smallest absolute Gasteiger partial charge is 0.409 e. The summed E-state index contributed by atoms with van der Waals surface area (Å²) in [7, 11) is 5.45. The van der Waals surface area contributed by atoms with Crippen molar-refractivity contribution in [3.8, 4) is 22.6 Å². The lowest BCUT2D eigenvalue weighted by molar-refractivity contribution is 0.0661. The molecule has 1 amide bonds. The van der Waals surface area contributed by atoms with E-state index in [0.717, 1.165) is 74.4 Å². The number of fused-ring (bicyclic) bond motifs is 1. The number of aromatic nitrogens is 2. The number of amides is 1. The zero-order valence-corrected chi connectivity index (χ0v) is 23.3. The van der Waals surface area contributed by atoms with Crippen molar-refractivity contribution >= 4 is 17.0 Å². The molecule has 0 spiro atoms. The fourth-order valence-corrected chi connectivity index (χ4v) is 6.24. The van der Waals surface area contributed by atoms with E-state index in [2.05, 4.69) is 41.6 Å². The fraction of sp³-hybridized carbons (Fsp3) is 0.533. The van der Waals surface area contributed by atoms with E-state index >= 15 is 0 Å². The van der Waals surface area contributed by atoms with E-state index in [9.17, 15) is 4.79 Å². The van der Waals surface area contributed by atoms with Gasteiger partial charge in [-0.25, -0.2) is 4.79 Å². The van der Waals surface area contributed by atoms with E-state index in [4.69, 9.17) is 19.2 Å². The van der Waals surface area contributed by atoms with Crippen LogP contribution in [0.3, 0.4) is 0 Å². The Balaban J connectivity index is 1.31. The van der Waals surface area contributed by atoms with Gasteiger partial charge in [0, 0.05) is 54.4 Å². The van der Waals surface area contributed by atoms with Crippen molar-refractivity contribution in [2.75, 3.05) is 47.0 Å². The predicted octanol–water partition coefficient (Wildman–Crippen LogP) is 5.37. The van der Waals surface area contributed by atoms with Gasteiger partial charge in [-0.3, -0.25) is 4.98 Å². The topological polar surface area (TPSA) is 69.1 Å². The number of nitrogens with zero attached hydrogens (tertiary/aromatic N) is 4. The van der Waals surface area contributed by atoms with Gasteiger partial charge >= 0.3 is 6.09 Å². The zero-order valence-electron chi connectivity index (χ0n) is 23.3. The number of carbonyl (C=O) groups is 1. The number of carbonyl (C=O) groups excluding carboxylic acids is 1. The second-order valence-corrected chi connectivity index (χ2v) is 10.4. The Morgan fingerprint density at radius 1 is 1.00 bits per heavy atom. The molecule has 5 rings (SSSR count). The summed E-state index contributed by atoms with van der Waals surface area (Å²) in [6.45, 7) is 8.18. The highest BCUT2D eigenvalue weighted by Crippen LogP contribution is 2.40. The summed E-state index contributed by atoms with van der Waals surface area (Å²) in [6.07, 6.45) is 6.12.